The van der Waals surface area contributed by atoms with Crippen LogP contribution >= 0.6 is 0 Å². The van der Waals surface area contributed by atoms with Crippen molar-refractivity contribution in [3.63, 3.8) is 0 Å². The molecular formula is C23H32FNOSi. The molecule has 2 saturated carbocycles. The van der Waals surface area contributed by atoms with Gasteiger partial charge in [-0.2, -0.15) is 5.26 Å². The molecule has 0 saturated heterocycles. The topological polar surface area (TPSA) is 44.0 Å². The van der Waals surface area contributed by atoms with E-state index in [4.69, 9.17) is 5.26 Å². The molecule has 3 aliphatic carbocycles. The Hall–Kier alpha value is -1.18. The van der Waals surface area contributed by atoms with E-state index in [1.807, 2.05) is 12.1 Å². The number of hydrogen-bond acceptors (Lipinski definition) is 2. The summed E-state index contributed by atoms with van der Waals surface area (Å²) in [5.74, 6) is 1.18. The summed E-state index contributed by atoms with van der Waals surface area (Å²) >= 11 is 0. The predicted octanol–water partition coefficient (Wildman–Crippen LogP) is 5.62. The Morgan fingerprint density at radius 1 is 1.22 bits per heavy atom. The fourth-order valence-corrected chi connectivity index (χ4v) is 9.32. The van der Waals surface area contributed by atoms with Crippen LogP contribution in [0.1, 0.15) is 61.6 Å². The number of rotatable bonds is 2. The molecule has 0 heterocycles. The molecule has 2 nitrogen and oxygen atoms in total. The minimum Gasteiger partial charge on any atom is -0.390 e. The van der Waals surface area contributed by atoms with Crippen molar-refractivity contribution >= 4 is 8.07 Å². The largest absolute Gasteiger partial charge is 0.390 e. The second kappa shape index (κ2) is 6.16. The van der Waals surface area contributed by atoms with E-state index < -0.39 is 13.7 Å². The maximum absolute atomic E-state index is 14.7. The second-order valence-electron chi connectivity index (χ2n) is 10.8. The molecule has 0 amide bonds. The van der Waals surface area contributed by atoms with Crippen LogP contribution in [0, 0.1) is 34.4 Å². The summed E-state index contributed by atoms with van der Waals surface area (Å²) in [6.45, 7) is 9.43. The van der Waals surface area contributed by atoms with Gasteiger partial charge < -0.3 is 5.11 Å². The van der Waals surface area contributed by atoms with E-state index >= 15 is 0 Å². The Bertz CT molecular complexity index is 810. The van der Waals surface area contributed by atoms with Gasteiger partial charge in [-0.05, 0) is 84.9 Å². The normalized spacial score (nSPS) is 37.9. The molecule has 0 aromatic heterocycles. The Kier molecular flexibility index (Phi) is 4.37. The SMILES string of the molecule is C[C@]12CCC3c4ccc(C#N)c(F)c4CCC3C1CC[C@@]2(O)C[Si](C)(C)C. The minimum absolute atomic E-state index is 0.00289. The highest BCUT2D eigenvalue weighted by molar-refractivity contribution is 6.76. The molecule has 3 unspecified atom stereocenters. The summed E-state index contributed by atoms with van der Waals surface area (Å²) in [7, 11) is -1.37. The molecule has 0 aliphatic heterocycles. The highest BCUT2D eigenvalue weighted by atomic mass is 28.3. The quantitative estimate of drug-likeness (QED) is 0.671. The van der Waals surface area contributed by atoms with Crippen LogP contribution in [-0.4, -0.2) is 18.8 Å². The Balaban J connectivity index is 1.67. The van der Waals surface area contributed by atoms with E-state index in [0.717, 1.165) is 55.7 Å². The standard InChI is InChI=1S/C23H32FNOSi/c1-22-11-9-17-16-6-5-15(13-25)21(24)19(16)8-7-18(17)20(22)10-12-23(22,26)14-27(2,3)4/h5-6,17-18,20,26H,7-12,14H2,1-4H3/t17?,18?,20?,22-,23+/m0/s1. The lowest BCUT2D eigenvalue weighted by molar-refractivity contribution is -0.0908. The number of nitriles is 1. The number of nitrogens with zero attached hydrogens (tertiary/aromatic N) is 1. The average molecular weight is 386 g/mol. The zero-order chi connectivity index (χ0) is 19.6. The van der Waals surface area contributed by atoms with Crippen LogP contribution in [0.25, 0.3) is 0 Å². The van der Waals surface area contributed by atoms with Gasteiger partial charge in [0.25, 0.3) is 0 Å². The van der Waals surface area contributed by atoms with Gasteiger partial charge in [0.1, 0.15) is 11.9 Å². The number of benzene rings is 1. The van der Waals surface area contributed by atoms with Crippen LogP contribution in [0.4, 0.5) is 4.39 Å². The lowest BCUT2D eigenvalue weighted by Crippen LogP contribution is -2.53. The molecule has 3 aliphatic rings. The van der Waals surface area contributed by atoms with E-state index in [0.29, 0.717) is 17.8 Å². The fraction of sp³-hybridized carbons (Fsp3) is 0.696. The van der Waals surface area contributed by atoms with Crippen molar-refractivity contribution in [1.82, 2.24) is 0 Å². The molecule has 1 aromatic rings. The third-order valence-electron chi connectivity index (χ3n) is 8.11. The Morgan fingerprint density at radius 2 is 1.96 bits per heavy atom. The van der Waals surface area contributed by atoms with Gasteiger partial charge >= 0.3 is 0 Å². The van der Waals surface area contributed by atoms with E-state index in [1.165, 1.54) is 0 Å². The molecule has 1 N–H and O–H groups in total. The molecule has 0 radical (unpaired) electrons. The van der Waals surface area contributed by atoms with Crippen LogP contribution in [0.2, 0.25) is 25.7 Å². The van der Waals surface area contributed by atoms with E-state index in [9.17, 15) is 9.50 Å². The molecule has 0 spiro atoms. The first-order valence-electron chi connectivity index (χ1n) is 10.5. The van der Waals surface area contributed by atoms with Crippen molar-refractivity contribution in [2.75, 3.05) is 0 Å². The third kappa shape index (κ3) is 2.81. The lowest BCUT2D eigenvalue weighted by Gasteiger charge is -2.54. The molecule has 4 heteroatoms. The minimum atomic E-state index is -1.37. The van der Waals surface area contributed by atoms with Gasteiger partial charge in [-0.3, -0.25) is 0 Å². The lowest BCUT2D eigenvalue weighted by atomic mass is 9.53. The maximum atomic E-state index is 14.7. The molecular weight excluding hydrogens is 353 g/mol. The van der Waals surface area contributed by atoms with Crippen molar-refractivity contribution in [2.24, 2.45) is 17.3 Å². The molecule has 27 heavy (non-hydrogen) atoms. The molecule has 146 valence electrons. The van der Waals surface area contributed by atoms with Gasteiger partial charge in [-0.15, -0.1) is 0 Å². The summed E-state index contributed by atoms with van der Waals surface area (Å²) in [5, 5.41) is 20.9. The van der Waals surface area contributed by atoms with E-state index in [-0.39, 0.29) is 16.8 Å². The van der Waals surface area contributed by atoms with Crippen molar-refractivity contribution in [3.05, 3.63) is 34.6 Å². The molecule has 0 bridgehead atoms. The summed E-state index contributed by atoms with van der Waals surface area (Å²) < 4.78 is 14.7. The summed E-state index contributed by atoms with van der Waals surface area (Å²) in [5.41, 5.74) is 1.58. The summed E-state index contributed by atoms with van der Waals surface area (Å²) in [6, 6.07) is 6.66. The molecule has 4 rings (SSSR count). The predicted molar refractivity (Wildman–Crippen MR) is 109 cm³/mol. The van der Waals surface area contributed by atoms with E-state index in [2.05, 4.69) is 26.6 Å². The van der Waals surface area contributed by atoms with Crippen LogP contribution in [0.15, 0.2) is 12.1 Å². The van der Waals surface area contributed by atoms with Gasteiger partial charge in [0.2, 0.25) is 0 Å². The molecule has 1 aromatic carbocycles. The highest BCUT2D eigenvalue weighted by Gasteiger charge is 2.62. The third-order valence-corrected chi connectivity index (χ3v) is 9.75. The Labute approximate surface area is 163 Å². The van der Waals surface area contributed by atoms with Gasteiger partial charge in [0.05, 0.1) is 11.2 Å². The van der Waals surface area contributed by atoms with Gasteiger partial charge in [0.15, 0.2) is 0 Å². The number of fused-ring (bicyclic) bond motifs is 5. The maximum Gasteiger partial charge on any atom is 0.144 e. The first-order chi connectivity index (χ1) is 12.6. The zero-order valence-electron chi connectivity index (χ0n) is 17.1. The zero-order valence-corrected chi connectivity index (χ0v) is 18.1. The molecule has 2 fully saturated rings. The van der Waals surface area contributed by atoms with Crippen molar-refractivity contribution in [2.45, 2.75) is 82.7 Å². The first-order valence-corrected chi connectivity index (χ1v) is 14.2. The second-order valence-corrected chi connectivity index (χ2v) is 16.3. The Morgan fingerprint density at radius 3 is 2.63 bits per heavy atom. The average Bonchev–Trinajstić information content (AvgIpc) is 2.84. The number of hydrogen-bond donors (Lipinski definition) is 1. The van der Waals surface area contributed by atoms with Crippen LogP contribution in [-0.2, 0) is 6.42 Å². The van der Waals surface area contributed by atoms with Crippen LogP contribution in [0.3, 0.4) is 0 Å². The van der Waals surface area contributed by atoms with Crippen LogP contribution < -0.4 is 0 Å². The molecule has 5 atom stereocenters. The first kappa shape index (κ1) is 19.1. The van der Waals surface area contributed by atoms with E-state index in [1.54, 1.807) is 6.07 Å². The van der Waals surface area contributed by atoms with Crippen molar-refractivity contribution in [3.8, 4) is 6.07 Å². The highest BCUT2D eigenvalue weighted by Crippen LogP contribution is 2.65. The smallest absolute Gasteiger partial charge is 0.144 e. The fourth-order valence-electron chi connectivity index (χ4n) is 6.99. The summed E-state index contributed by atoms with van der Waals surface area (Å²) in [4.78, 5) is 0. The van der Waals surface area contributed by atoms with Crippen molar-refractivity contribution in [1.29, 1.82) is 5.26 Å². The summed E-state index contributed by atoms with van der Waals surface area (Å²) in [6.07, 6.45) is 5.82. The van der Waals surface area contributed by atoms with Gasteiger partial charge in [-0.1, -0.05) is 32.6 Å². The van der Waals surface area contributed by atoms with Gasteiger partial charge in [-0.25, -0.2) is 4.39 Å². The van der Waals surface area contributed by atoms with Gasteiger partial charge in [0, 0.05) is 8.07 Å². The van der Waals surface area contributed by atoms with Crippen molar-refractivity contribution < 1.29 is 9.50 Å². The number of halogens is 1. The monoisotopic (exact) mass is 385 g/mol. The van der Waals surface area contributed by atoms with Crippen LogP contribution in [0.5, 0.6) is 0 Å². The number of aliphatic hydroxyl groups is 1.